The van der Waals surface area contributed by atoms with Gasteiger partial charge in [-0.2, -0.15) is 4.31 Å². The number of sulfonamides is 1. The van der Waals surface area contributed by atoms with Gasteiger partial charge in [0.25, 0.3) is 10.0 Å². The third-order valence-electron chi connectivity index (χ3n) is 4.57. The van der Waals surface area contributed by atoms with E-state index in [2.05, 4.69) is 26.1 Å². The van der Waals surface area contributed by atoms with E-state index < -0.39 is 10.0 Å². The van der Waals surface area contributed by atoms with Crippen LogP contribution in [-0.4, -0.2) is 44.9 Å². The number of benzene rings is 1. The topological polar surface area (TPSA) is 75.7 Å². The second-order valence-corrected chi connectivity index (χ2v) is 11.1. The number of morpholine rings is 1. The first-order chi connectivity index (χ1) is 13.2. The zero-order valence-electron chi connectivity index (χ0n) is 16.4. The Hall–Kier alpha value is -1.74. The summed E-state index contributed by atoms with van der Waals surface area (Å²) in [6.07, 6.45) is 0.143. The number of amides is 1. The third-order valence-corrected chi connectivity index (χ3v) is 8.02. The molecule has 0 aliphatic carbocycles. The van der Waals surface area contributed by atoms with Gasteiger partial charge in [0, 0.05) is 23.7 Å². The van der Waals surface area contributed by atoms with E-state index in [4.69, 9.17) is 4.74 Å². The zero-order chi connectivity index (χ0) is 20.4. The van der Waals surface area contributed by atoms with Crippen molar-refractivity contribution in [3.05, 3.63) is 46.8 Å². The molecule has 28 heavy (non-hydrogen) atoms. The SMILES string of the molecule is CC(C)(C)c1ccc(NC(=O)Cc2ccc(S(=O)(=O)N3CCOCC3)s2)cc1. The maximum absolute atomic E-state index is 12.7. The van der Waals surface area contributed by atoms with Crippen LogP contribution in [-0.2, 0) is 31.4 Å². The molecule has 0 radical (unpaired) electrons. The number of anilines is 1. The highest BCUT2D eigenvalue weighted by Crippen LogP contribution is 2.27. The predicted molar refractivity (Wildman–Crippen MR) is 111 cm³/mol. The largest absolute Gasteiger partial charge is 0.379 e. The van der Waals surface area contributed by atoms with E-state index in [9.17, 15) is 13.2 Å². The molecule has 8 heteroatoms. The van der Waals surface area contributed by atoms with Crippen molar-refractivity contribution in [2.75, 3.05) is 31.6 Å². The number of hydrogen-bond acceptors (Lipinski definition) is 5. The molecule has 2 heterocycles. The predicted octanol–water partition coefficient (Wildman–Crippen LogP) is 3.25. The molecular formula is C20H26N2O4S2. The van der Waals surface area contributed by atoms with Crippen molar-refractivity contribution < 1.29 is 17.9 Å². The summed E-state index contributed by atoms with van der Waals surface area (Å²) in [5, 5.41) is 2.87. The Labute approximate surface area is 170 Å². The molecule has 0 bridgehead atoms. The molecular weight excluding hydrogens is 396 g/mol. The van der Waals surface area contributed by atoms with Crippen molar-refractivity contribution in [3.63, 3.8) is 0 Å². The Morgan fingerprint density at radius 1 is 1.11 bits per heavy atom. The van der Waals surface area contributed by atoms with Crippen molar-refractivity contribution in [3.8, 4) is 0 Å². The van der Waals surface area contributed by atoms with Gasteiger partial charge < -0.3 is 10.1 Å². The molecule has 1 saturated heterocycles. The van der Waals surface area contributed by atoms with Crippen LogP contribution < -0.4 is 5.32 Å². The van der Waals surface area contributed by atoms with Crippen LogP contribution in [0.15, 0.2) is 40.6 Å². The first-order valence-electron chi connectivity index (χ1n) is 9.23. The highest BCUT2D eigenvalue weighted by molar-refractivity contribution is 7.91. The van der Waals surface area contributed by atoms with Crippen LogP contribution in [0.3, 0.4) is 0 Å². The maximum Gasteiger partial charge on any atom is 0.252 e. The molecule has 1 amide bonds. The normalized spacial score (nSPS) is 16.1. The van der Waals surface area contributed by atoms with Gasteiger partial charge in [-0.05, 0) is 35.2 Å². The van der Waals surface area contributed by atoms with Crippen LogP contribution in [0.5, 0.6) is 0 Å². The first-order valence-corrected chi connectivity index (χ1v) is 11.5. The molecule has 0 saturated carbocycles. The van der Waals surface area contributed by atoms with Crippen LogP contribution in [0.25, 0.3) is 0 Å². The molecule has 0 atom stereocenters. The zero-order valence-corrected chi connectivity index (χ0v) is 18.0. The molecule has 0 spiro atoms. The number of thiophene rings is 1. The average Bonchev–Trinajstić information content (AvgIpc) is 3.11. The van der Waals surface area contributed by atoms with Crippen molar-refractivity contribution in [1.82, 2.24) is 4.31 Å². The van der Waals surface area contributed by atoms with Crippen molar-refractivity contribution in [2.45, 2.75) is 36.8 Å². The fourth-order valence-electron chi connectivity index (χ4n) is 2.92. The molecule has 1 aliphatic rings. The highest BCUT2D eigenvalue weighted by atomic mass is 32.2. The number of carbonyl (C=O) groups is 1. The lowest BCUT2D eigenvalue weighted by Gasteiger charge is -2.25. The summed E-state index contributed by atoms with van der Waals surface area (Å²) >= 11 is 1.15. The van der Waals surface area contributed by atoms with Crippen molar-refractivity contribution in [2.24, 2.45) is 0 Å². The van der Waals surface area contributed by atoms with E-state index in [0.717, 1.165) is 21.9 Å². The van der Waals surface area contributed by atoms with Gasteiger partial charge in [-0.3, -0.25) is 4.79 Å². The van der Waals surface area contributed by atoms with E-state index in [0.29, 0.717) is 26.3 Å². The van der Waals surface area contributed by atoms with Gasteiger partial charge in [-0.1, -0.05) is 32.9 Å². The Balaban J connectivity index is 1.62. The van der Waals surface area contributed by atoms with Crippen LogP contribution in [0.4, 0.5) is 5.69 Å². The molecule has 0 unspecified atom stereocenters. The van der Waals surface area contributed by atoms with Gasteiger partial charge in [0.15, 0.2) is 0 Å². The van der Waals surface area contributed by atoms with Gasteiger partial charge in [-0.15, -0.1) is 11.3 Å². The Morgan fingerprint density at radius 2 is 1.75 bits per heavy atom. The lowest BCUT2D eigenvalue weighted by atomic mass is 9.87. The number of ether oxygens (including phenoxy) is 1. The van der Waals surface area contributed by atoms with Crippen molar-refractivity contribution >= 4 is 33.0 Å². The Morgan fingerprint density at radius 3 is 2.36 bits per heavy atom. The summed E-state index contributed by atoms with van der Waals surface area (Å²) < 4.78 is 32.3. The highest BCUT2D eigenvalue weighted by Gasteiger charge is 2.27. The van der Waals surface area contributed by atoms with Crippen LogP contribution in [0, 0.1) is 0 Å². The second-order valence-electron chi connectivity index (χ2n) is 7.79. The monoisotopic (exact) mass is 422 g/mol. The number of hydrogen-bond donors (Lipinski definition) is 1. The minimum absolute atomic E-state index is 0.0574. The average molecular weight is 423 g/mol. The minimum Gasteiger partial charge on any atom is -0.379 e. The summed E-state index contributed by atoms with van der Waals surface area (Å²) in [6.45, 7) is 7.96. The summed E-state index contributed by atoms with van der Waals surface area (Å²) in [5.41, 5.74) is 1.99. The Bertz CT molecular complexity index is 922. The second kappa shape index (κ2) is 8.32. The maximum atomic E-state index is 12.7. The van der Waals surface area contributed by atoms with Crippen LogP contribution in [0.1, 0.15) is 31.2 Å². The van der Waals surface area contributed by atoms with Gasteiger partial charge in [-0.25, -0.2) is 8.42 Å². The molecule has 1 fully saturated rings. The number of nitrogens with one attached hydrogen (secondary N) is 1. The molecule has 2 aromatic rings. The van der Waals surface area contributed by atoms with E-state index >= 15 is 0 Å². The molecule has 1 aromatic carbocycles. The van der Waals surface area contributed by atoms with E-state index in [1.807, 2.05) is 24.3 Å². The fraction of sp³-hybridized carbons (Fsp3) is 0.450. The number of carbonyl (C=O) groups excluding carboxylic acids is 1. The third kappa shape index (κ3) is 5.00. The number of nitrogens with zero attached hydrogens (tertiary/aromatic N) is 1. The quantitative estimate of drug-likeness (QED) is 0.803. The van der Waals surface area contributed by atoms with Crippen molar-refractivity contribution in [1.29, 1.82) is 0 Å². The smallest absolute Gasteiger partial charge is 0.252 e. The molecule has 152 valence electrons. The molecule has 3 rings (SSSR count). The summed E-state index contributed by atoms with van der Waals surface area (Å²) in [5.74, 6) is -0.166. The summed E-state index contributed by atoms with van der Waals surface area (Å²) in [6, 6.07) is 11.1. The Kier molecular flexibility index (Phi) is 6.24. The molecule has 6 nitrogen and oxygen atoms in total. The van der Waals surface area contributed by atoms with Gasteiger partial charge in [0.2, 0.25) is 5.91 Å². The first kappa shape index (κ1) is 21.0. The van der Waals surface area contributed by atoms with Gasteiger partial charge in [0.1, 0.15) is 4.21 Å². The summed E-state index contributed by atoms with van der Waals surface area (Å²) in [4.78, 5) is 13.1. The standard InChI is InChI=1S/C20H26N2O4S2/c1-20(2,3)15-4-6-16(7-5-15)21-18(23)14-17-8-9-19(27-17)28(24,25)22-10-12-26-13-11-22/h4-9H,10-14H2,1-3H3,(H,21,23). The molecule has 1 aliphatic heterocycles. The van der Waals surface area contributed by atoms with Crippen LogP contribution >= 0.6 is 11.3 Å². The van der Waals surface area contributed by atoms with E-state index in [1.165, 1.54) is 9.87 Å². The minimum atomic E-state index is -3.51. The lowest BCUT2D eigenvalue weighted by Crippen LogP contribution is -2.40. The van der Waals surface area contributed by atoms with E-state index in [1.54, 1.807) is 12.1 Å². The molecule has 1 aromatic heterocycles. The van der Waals surface area contributed by atoms with E-state index in [-0.39, 0.29) is 22.0 Å². The number of rotatable bonds is 5. The van der Waals surface area contributed by atoms with Crippen LogP contribution in [0.2, 0.25) is 0 Å². The summed E-state index contributed by atoms with van der Waals surface area (Å²) in [7, 11) is -3.51. The van der Waals surface area contributed by atoms with Gasteiger partial charge >= 0.3 is 0 Å². The fourth-order valence-corrected chi connectivity index (χ4v) is 5.84. The van der Waals surface area contributed by atoms with Gasteiger partial charge in [0.05, 0.1) is 19.6 Å². The lowest BCUT2D eigenvalue weighted by molar-refractivity contribution is -0.115. The molecule has 1 N–H and O–H groups in total.